The summed E-state index contributed by atoms with van der Waals surface area (Å²) < 4.78 is 15.2. The van der Waals surface area contributed by atoms with Crippen molar-refractivity contribution in [2.24, 2.45) is 0 Å². The van der Waals surface area contributed by atoms with Crippen LogP contribution in [0, 0.1) is 5.82 Å². The Morgan fingerprint density at radius 3 is 2.81 bits per heavy atom. The second-order valence-corrected chi connectivity index (χ2v) is 7.90. The number of hydrogen-bond acceptors (Lipinski definition) is 6. The molecule has 160 valence electrons. The van der Waals surface area contributed by atoms with Gasteiger partial charge in [-0.3, -0.25) is 9.36 Å². The highest BCUT2D eigenvalue weighted by molar-refractivity contribution is 6.34. The van der Waals surface area contributed by atoms with Gasteiger partial charge in [-0.15, -0.1) is 0 Å². The minimum absolute atomic E-state index is 0.119. The lowest BCUT2D eigenvalue weighted by molar-refractivity contribution is 0.629. The van der Waals surface area contributed by atoms with Gasteiger partial charge in [0.05, 0.1) is 34.0 Å². The summed E-state index contributed by atoms with van der Waals surface area (Å²) in [5.74, 6) is 0.252. The first-order valence-corrected chi connectivity index (χ1v) is 10.3. The van der Waals surface area contributed by atoms with Crippen LogP contribution in [0.1, 0.15) is 18.8 Å². The molecule has 3 aromatic heterocycles. The van der Waals surface area contributed by atoms with Crippen LogP contribution in [-0.4, -0.2) is 29.5 Å². The second-order valence-electron chi connectivity index (χ2n) is 7.06. The zero-order valence-electron chi connectivity index (χ0n) is 16.5. The lowest BCUT2D eigenvalue weighted by Crippen LogP contribution is -2.27. The van der Waals surface area contributed by atoms with Crippen LogP contribution < -0.4 is 10.9 Å². The molecule has 0 saturated carbocycles. The zero-order chi connectivity index (χ0) is 22.4. The van der Waals surface area contributed by atoms with Crippen LogP contribution in [0.5, 0.6) is 0 Å². The number of nitrogens with zero attached hydrogens (tertiary/aromatic N) is 5. The molecular weight excluding hydrogens is 456 g/mol. The first-order valence-electron chi connectivity index (χ1n) is 9.50. The van der Waals surface area contributed by atoms with Crippen molar-refractivity contribution in [1.29, 1.82) is 0 Å². The molecule has 5 aromatic rings. The number of anilines is 1. The summed E-state index contributed by atoms with van der Waals surface area (Å²) in [6, 6.07) is 8.10. The minimum atomic E-state index is -0.541. The summed E-state index contributed by atoms with van der Waals surface area (Å²) in [5, 5.41) is 4.02. The molecule has 2 N–H and O–H groups in total. The second kappa shape index (κ2) is 7.85. The Labute approximate surface area is 190 Å². The number of hydrogen-bond donors (Lipinski definition) is 2. The fourth-order valence-corrected chi connectivity index (χ4v) is 3.86. The molecule has 11 heteroatoms. The molecule has 0 aliphatic heterocycles. The minimum Gasteiger partial charge on any atom is -0.358 e. The molecule has 8 nitrogen and oxygen atoms in total. The van der Waals surface area contributed by atoms with E-state index in [1.165, 1.54) is 29.4 Å². The molecule has 0 spiro atoms. The van der Waals surface area contributed by atoms with Crippen LogP contribution in [0.2, 0.25) is 10.0 Å². The number of imidazole rings is 1. The van der Waals surface area contributed by atoms with Crippen LogP contribution in [0.25, 0.3) is 27.8 Å². The van der Waals surface area contributed by atoms with Crippen molar-refractivity contribution in [3.05, 3.63) is 81.1 Å². The number of fused-ring (bicyclic) bond motifs is 2. The quantitative estimate of drug-likeness (QED) is 0.396. The van der Waals surface area contributed by atoms with Gasteiger partial charge in [-0.25, -0.2) is 24.3 Å². The Kier molecular flexibility index (Phi) is 4.99. The van der Waals surface area contributed by atoms with E-state index in [4.69, 9.17) is 23.2 Å². The van der Waals surface area contributed by atoms with E-state index >= 15 is 0 Å². The molecule has 0 fully saturated rings. The summed E-state index contributed by atoms with van der Waals surface area (Å²) in [4.78, 5) is 33.7. The standard InChI is InChI=1S/C21H14Cl2FN7O/c1-10(29-19-17-18(26-8-25-17)27-9-28-19)20-30-15-5-3-12(24)7-13(15)21(32)31(20)16-6-11(22)2-4-14(16)23/h2-10H,1H3,(H2,25,26,27,28,29). The van der Waals surface area contributed by atoms with Crippen LogP contribution in [0.4, 0.5) is 10.2 Å². The first kappa shape index (κ1) is 20.3. The summed E-state index contributed by atoms with van der Waals surface area (Å²) in [5.41, 5.74) is 1.31. The molecule has 0 aliphatic carbocycles. The number of aromatic nitrogens is 6. The summed E-state index contributed by atoms with van der Waals surface area (Å²) in [6.45, 7) is 1.81. The van der Waals surface area contributed by atoms with E-state index in [0.717, 1.165) is 6.07 Å². The Hall–Kier alpha value is -3.56. The van der Waals surface area contributed by atoms with Crippen molar-refractivity contribution < 1.29 is 4.39 Å². The van der Waals surface area contributed by atoms with E-state index in [2.05, 4.69) is 30.2 Å². The number of nitrogens with one attached hydrogen (secondary N) is 2. The van der Waals surface area contributed by atoms with Gasteiger partial charge in [-0.2, -0.15) is 0 Å². The zero-order valence-corrected chi connectivity index (χ0v) is 18.0. The molecule has 1 atom stereocenters. The average Bonchev–Trinajstić information content (AvgIpc) is 3.26. The van der Waals surface area contributed by atoms with Gasteiger partial charge in [-0.05, 0) is 43.3 Å². The number of benzene rings is 2. The smallest absolute Gasteiger partial charge is 0.266 e. The van der Waals surface area contributed by atoms with Crippen LogP contribution in [0.3, 0.4) is 0 Å². The van der Waals surface area contributed by atoms with Crippen molar-refractivity contribution in [1.82, 2.24) is 29.5 Å². The van der Waals surface area contributed by atoms with Crippen molar-refractivity contribution in [2.75, 3.05) is 5.32 Å². The molecule has 0 radical (unpaired) electrons. The monoisotopic (exact) mass is 469 g/mol. The molecule has 5 rings (SSSR count). The SMILES string of the molecule is CC(Nc1ncnc2[nH]cnc12)c1nc2ccc(F)cc2c(=O)n1-c1cc(Cl)ccc1Cl. The van der Waals surface area contributed by atoms with Crippen molar-refractivity contribution in [2.45, 2.75) is 13.0 Å². The maximum Gasteiger partial charge on any atom is 0.266 e. The topological polar surface area (TPSA) is 101 Å². The van der Waals surface area contributed by atoms with Gasteiger partial charge in [0, 0.05) is 5.02 Å². The molecule has 32 heavy (non-hydrogen) atoms. The first-order chi connectivity index (χ1) is 15.4. The Balaban J connectivity index is 1.74. The largest absolute Gasteiger partial charge is 0.358 e. The summed E-state index contributed by atoms with van der Waals surface area (Å²) in [7, 11) is 0. The Morgan fingerprint density at radius 1 is 1.12 bits per heavy atom. The highest BCUT2D eigenvalue weighted by Crippen LogP contribution is 2.28. The molecular formula is C21H14Cl2FN7O. The van der Waals surface area contributed by atoms with Gasteiger partial charge in [-0.1, -0.05) is 23.2 Å². The molecule has 1 unspecified atom stereocenters. The number of H-pyrrole nitrogens is 1. The molecule has 0 saturated heterocycles. The predicted octanol–water partition coefficient (Wildman–Crippen LogP) is 4.67. The van der Waals surface area contributed by atoms with Crippen LogP contribution in [-0.2, 0) is 0 Å². The summed E-state index contributed by atoms with van der Waals surface area (Å²) >= 11 is 12.6. The van der Waals surface area contributed by atoms with E-state index in [-0.39, 0.29) is 5.39 Å². The van der Waals surface area contributed by atoms with Gasteiger partial charge >= 0.3 is 0 Å². The predicted molar refractivity (Wildman–Crippen MR) is 121 cm³/mol. The third-order valence-electron chi connectivity index (χ3n) is 4.96. The number of aromatic amines is 1. The van der Waals surface area contributed by atoms with E-state index in [1.807, 2.05) is 6.92 Å². The van der Waals surface area contributed by atoms with Crippen molar-refractivity contribution >= 4 is 51.1 Å². The van der Waals surface area contributed by atoms with Crippen LogP contribution in [0.15, 0.2) is 53.8 Å². The van der Waals surface area contributed by atoms with Crippen molar-refractivity contribution in [3.8, 4) is 5.69 Å². The van der Waals surface area contributed by atoms with Gasteiger partial charge in [0.15, 0.2) is 11.5 Å². The lowest BCUT2D eigenvalue weighted by Gasteiger charge is -2.21. The van der Waals surface area contributed by atoms with Gasteiger partial charge in [0.2, 0.25) is 0 Å². The fraction of sp³-hybridized carbons (Fsp3) is 0.0952. The van der Waals surface area contributed by atoms with E-state index in [9.17, 15) is 9.18 Å². The van der Waals surface area contributed by atoms with Crippen LogP contribution >= 0.6 is 23.2 Å². The Morgan fingerprint density at radius 2 is 1.97 bits per heavy atom. The van der Waals surface area contributed by atoms with Gasteiger partial charge < -0.3 is 10.3 Å². The number of rotatable bonds is 4. The third-order valence-corrected chi connectivity index (χ3v) is 5.52. The molecule has 3 heterocycles. The maximum absolute atomic E-state index is 13.9. The van der Waals surface area contributed by atoms with Crippen molar-refractivity contribution in [3.63, 3.8) is 0 Å². The molecule has 0 bridgehead atoms. The van der Waals surface area contributed by atoms with Gasteiger partial charge in [0.1, 0.15) is 23.5 Å². The van der Waals surface area contributed by atoms with E-state index in [0.29, 0.717) is 44.1 Å². The lowest BCUT2D eigenvalue weighted by atomic mass is 10.2. The molecule has 2 aromatic carbocycles. The average molecular weight is 470 g/mol. The normalized spacial score (nSPS) is 12.4. The third kappa shape index (κ3) is 3.45. The number of halogens is 3. The highest BCUT2D eigenvalue weighted by atomic mass is 35.5. The summed E-state index contributed by atoms with van der Waals surface area (Å²) in [6.07, 6.45) is 2.91. The van der Waals surface area contributed by atoms with E-state index < -0.39 is 17.4 Å². The molecule has 0 aliphatic rings. The highest BCUT2D eigenvalue weighted by Gasteiger charge is 2.21. The molecule has 0 amide bonds. The fourth-order valence-electron chi connectivity index (χ4n) is 3.50. The maximum atomic E-state index is 13.9. The van der Waals surface area contributed by atoms with Gasteiger partial charge in [0.25, 0.3) is 5.56 Å². The Bertz CT molecular complexity index is 1550. The van der Waals surface area contributed by atoms with E-state index in [1.54, 1.807) is 18.2 Å².